The van der Waals surface area contributed by atoms with E-state index in [4.69, 9.17) is 16.7 Å². The number of benzene rings is 1. The van der Waals surface area contributed by atoms with Gasteiger partial charge in [-0.05, 0) is 30.2 Å². The van der Waals surface area contributed by atoms with Gasteiger partial charge in [0.05, 0.1) is 6.10 Å². The van der Waals surface area contributed by atoms with Gasteiger partial charge < -0.3 is 15.1 Å². The van der Waals surface area contributed by atoms with Gasteiger partial charge >= 0.3 is 5.97 Å². The van der Waals surface area contributed by atoms with Gasteiger partial charge in [0.1, 0.15) is 6.04 Å². The molecule has 1 amide bonds. The summed E-state index contributed by atoms with van der Waals surface area (Å²) in [5, 5.41) is 19.2. The maximum atomic E-state index is 12.1. The van der Waals surface area contributed by atoms with Gasteiger partial charge in [0, 0.05) is 24.1 Å². The molecule has 6 heteroatoms. The molecule has 1 aromatic rings. The number of halogens is 1. The lowest BCUT2D eigenvalue weighted by atomic mass is 10.1. The molecular formula is C15H16ClNO4. The van der Waals surface area contributed by atoms with Crippen molar-refractivity contribution in [2.45, 2.75) is 25.5 Å². The quantitative estimate of drug-likeness (QED) is 0.833. The second kappa shape index (κ2) is 6.28. The Morgan fingerprint density at radius 1 is 1.43 bits per heavy atom. The average Bonchev–Trinajstić information content (AvgIpc) is 2.82. The maximum Gasteiger partial charge on any atom is 0.326 e. The molecule has 0 radical (unpaired) electrons. The molecule has 0 aliphatic carbocycles. The van der Waals surface area contributed by atoms with Crippen molar-refractivity contribution >= 4 is 29.6 Å². The SMILES string of the molecule is Cc1ccc(/C=C/C(=O)N2CC(O)CC2C(=O)O)cc1Cl. The Kier molecular flexibility index (Phi) is 4.65. The average molecular weight is 310 g/mol. The van der Waals surface area contributed by atoms with Crippen LogP contribution in [0.5, 0.6) is 0 Å². The molecule has 21 heavy (non-hydrogen) atoms. The van der Waals surface area contributed by atoms with Crippen LogP contribution in [-0.2, 0) is 9.59 Å². The lowest BCUT2D eigenvalue weighted by Gasteiger charge is -2.19. The minimum atomic E-state index is -1.10. The molecule has 1 aromatic carbocycles. The number of amides is 1. The van der Waals surface area contributed by atoms with Crippen LogP contribution in [0.2, 0.25) is 5.02 Å². The highest BCUT2D eigenvalue weighted by Gasteiger charge is 2.37. The van der Waals surface area contributed by atoms with E-state index in [1.165, 1.54) is 11.0 Å². The van der Waals surface area contributed by atoms with Gasteiger partial charge in [0.25, 0.3) is 0 Å². The Labute approximate surface area is 127 Å². The van der Waals surface area contributed by atoms with Crippen molar-refractivity contribution in [3.63, 3.8) is 0 Å². The van der Waals surface area contributed by atoms with Gasteiger partial charge in [-0.15, -0.1) is 0 Å². The van der Waals surface area contributed by atoms with E-state index >= 15 is 0 Å². The smallest absolute Gasteiger partial charge is 0.326 e. The summed E-state index contributed by atoms with van der Waals surface area (Å²) in [6, 6.07) is 4.41. The van der Waals surface area contributed by atoms with Crippen LogP contribution in [0.1, 0.15) is 17.5 Å². The minimum absolute atomic E-state index is 0.0365. The van der Waals surface area contributed by atoms with Crippen LogP contribution < -0.4 is 0 Å². The normalized spacial score (nSPS) is 22.0. The summed E-state index contributed by atoms with van der Waals surface area (Å²) in [4.78, 5) is 24.3. The number of carboxylic acids is 1. The number of nitrogens with zero attached hydrogens (tertiary/aromatic N) is 1. The van der Waals surface area contributed by atoms with E-state index in [2.05, 4.69) is 0 Å². The second-order valence-electron chi connectivity index (χ2n) is 5.08. The third kappa shape index (κ3) is 3.62. The van der Waals surface area contributed by atoms with Gasteiger partial charge in [0.15, 0.2) is 0 Å². The highest BCUT2D eigenvalue weighted by Crippen LogP contribution is 2.20. The molecule has 112 valence electrons. The number of hydrogen-bond acceptors (Lipinski definition) is 3. The zero-order valence-electron chi connectivity index (χ0n) is 11.5. The van der Waals surface area contributed by atoms with E-state index in [9.17, 15) is 14.7 Å². The number of rotatable bonds is 3. The number of likely N-dealkylation sites (tertiary alicyclic amines) is 1. The van der Waals surface area contributed by atoms with Crippen LogP contribution in [0.3, 0.4) is 0 Å². The number of hydrogen-bond donors (Lipinski definition) is 2. The summed E-state index contributed by atoms with van der Waals surface area (Å²) < 4.78 is 0. The van der Waals surface area contributed by atoms with Crippen molar-refractivity contribution in [2.24, 2.45) is 0 Å². The Balaban J connectivity index is 2.11. The summed E-state index contributed by atoms with van der Waals surface area (Å²) >= 11 is 6.00. The first-order valence-corrected chi connectivity index (χ1v) is 6.92. The van der Waals surface area contributed by atoms with Crippen molar-refractivity contribution in [3.8, 4) is 0 Å². The third-order valence-corrected chi connectivity index (χ3v) is 3.87. The summed E-state index contributed by atoms with van der Waals surface area (Å²) in [6.07, 6.45) is 2.15. The molecule has 0 aromatic heterocycles. The number of carbonyl (C=O) groups excluding carboxylic acids is 1. The van der Waals surface area contributed by atoms with E-state index in [-0.39, 0.29) is 13.0 Å². The maximum absolute atomic E-state index is 12.1. The number of β-amino-alcohol motifs (C(OH)–C–C–N with tert-alkyl or cyclic N) is 1. The number of aliphatic hydroxyl groups excluding tert-OH is 1. The molecule has 1 aliphatic rings. The highest BCUT2D eigenvalue weighted by molar-refractivity contribution is 6.31. The molecule has 0 saturated carbocycles. The Morgan fingerprint density at radius 2 is 2.14 bits per heavy atom. The molecular weight excluding hydrogens is 294 g/mol. The fourth-order valence-electron chi connectivity index (χ4n) is 2.27. The Bertz CT molecular complexity index is 599. The summed E-state index contributed by atoms with van der Waals surface area (Å²) in [5.74, 6) is -1.54. The summed E-state index contributed by atoms with van der Waals surface area (Å²) in [7, 11) is 0. The third-order valence-electron chi connectivity index (χ3n) is 3.46. The van der Waals surface area contributed by atoms with Crippen LogP contribution in [0.25, 0.3) is 6.08 Å². The van der Waals surface area contributed by atoms with Gasteiger partial charge in [-0.1, -0.05) is 23.7 Å². The summed E-state index contributed by atoms with van der Waals surface area (Å²) in [5.41, 5.74) is 1.69. The molecule has 1 fully saturated rings. The van der Waals surface area contributed by atoms with Crippen molar-refractivity contribution in [2.75, 3.05) is 6.54 Å². The van der Waals surface area contributed by atoms with E-state index in [0.717, 1.165) is 11.1 Å². The number of carboxylic acid groups (broad SMARTS) is 1. The molecule has 5 nitrogen and oxygen atoms in total. The lowest BCUT2D eigenvalue weighted by Crippen LogP contribution is -2.39. The number of aryl methyl sites for hydroxylation is 1. The lowest BCUT2D eigenvalue weighted by molar-refractivity contribution is -0.146. The van der Waals surface area contributed by atoms with E-state index < -0.39 is 24.0 Å². The number of aliphatic carboxylic acids is 1. The molecule has 1 heterocycles. The first-order chi connectivity index (χ1) is 9.88. The first-order valence-electron chi connectivity index (χ1n) is 6.54. The van der Waals surface area contributed by atoms with Gasteiger partial charge in [-0.25, -0.2) is 4.79 Å². The molecule has 2 N–H and O–H groups in total. The van der Waals surface area contributed by atoms with E-state index in [0.29, 0.717) is 5.02 Å². The van der Waals surface area contributed by atoms with Gasteiger partial charge in [0.2, 0.25) is 5.91 Å². The van der Waals surface area contributed by atoms with Crippen molar-refractivity contribution < 1.29 is 19.8 Å². The van der Waals surface area contributed by atoms with Crippen molar-refractivity contribution in [1.29, 1.82) is 0 Å². The zero-order valence-corrected chi connectivity index (χ0v) is 12.2. The molecule has 2 rings (SSSR count). The molecule has 2 atom stereocenters. The number of aliphatic hydroxyl groups is 1. The zero-order chi connectivity index (χ0) is 15.6. The Morgan fingerprint density at radius 3 is 2.76 bits per heavy atom. The van der Waals surface area contributed by atoms with Crippen LogP contribution in [0.15, 0.2) is 24.3 Å². The molecule has 0 bridgehead atoms. The highest BCUT2D eigenvalue weighted by atomic mass is 35.5. The minimum Gasteiger partial charge on any atom is -0.480 e. The number of carbonyl (C=O) groups is 2. The monoisotopic (exact) mass is 309 g/mol. The fraction of sp³-hybridized carbons (Fsp3) is 0.333. The fourth-order valence-corrected chi connectivity index (χ4v) is 2.46. The summed E-state index contributed by atoms with van der Waals surface area (Å²) in [6.45, 7) is 1.92. The van der Waals surface area contributed by atoms with E-state index in [1.807, 2.05) is 19.1 Å². The predicted octanol–water partition coefficient (Wildman–Crippen LogP) is 1.71. The Hall–Kier alpha value is -1.85. The van der Waals surface area contributed by atoms with Crippen LogP contribution in [0.4, 0.5) is 0 Å². The van der Waals surface area contributed by atoms with Crippen LogP contribution >= 0.6 is 11.6 Å². The molecule has 2 unspecified atom stereocenters. The van der Waals surface area contributed by atoms with Crippen molar-refractivity contribution in [3.05, 3.63) is 40.4 Å². The van der Waals surface area contributed by atoms with Crippen LogP contribution in [-0.4, -0.2) is 45.7 Å². The largest absolute Gasteiger partial charge is 0.480 e. The molecule has 1 aliphatic heterocycles. The van der Waals surface area contributed by atoms with E-state index in [1.54, 1.807) is 12.1 Å². The van der Waals surface area contributed by atoms with Crippen molar-refractivity contribution in [1.82, 2.24) is 4.90 Å². The predicted molar refractivity (Wildman–Crippen MR) is 79.0 cm³/mol. The second-order valence-corrected chi connectivity index (χ2v) is 5.48. The van der Waals surface area contributed by atoms with Crippen LogP contribution in [0, 0.1) is 6.92 Å². The standard InChI is InChI=1S/C15H16ClNO4/c1-9-2-3-10(6-12(9)16)4-5-14(19)17-8-11(18)7-13(17)15(20)21/h2-6,11,13,18H,7-8H2,1H3,(H,20,21)/b5-4+. The van der Waals surface area contributed by atoms with Gasteiger partial charge in [-0.2, -0.15) is 0 Å². The molecule has 1 saturated heterocycles. The van der Waals surface area contributed by atoms with Gasteiger partial charge in [-0.3, -0.25) is 4.79 Å². The first kappa shape index (κ1) is 15.5. The molecule has 0 spiro atoms. The topological polar surface area (TPSA) is 77.8 Å².